The minimum Gasteiger partial charge on any atom is -0.347 e. The third kappa shape index (κ3) is 4.09. The highest BCUT2D eigenvalue weighted by Crippen LogP contribution is 2.31. The molecule has 0 bridgehead atoms. The highest BCUT2D eigenvalue weighted by Gasteiger charge is 2.39. The molecule has 2 fully saturated rings. The van der Waals surface area contributed by atoms with E-state index in [1.165, 1.54) is 0 Å². The van der Waals surface area contributed by atoms with Crippen molar-refractivity contribution < 1.29 is 14.3 Å². The zero-order chi connectivity index (χ0) is 17.2. The molecule has 0 saturated carbocycles. The van der Waals surface area contributed by atoms with E-state index < -0.39 is 0 Å². The lowest BCUT2D eigenvalue weighted by Crippen LogP contribution is -2.45. The summed E-state index contributed by atoms with van der Waals surface area (Å²) in [5.41, 5.74) is 2.80. The maximum atomic E-state index is 12.2. The molecular formula is C18H25ClN2O3. The van der Waals surface area contributed by atoms with Crippen LogP contribution in [-0.4, -0.2) is 49.4 Å². The van der Waals surface area contributed by atoms with E-state index in [0.29, 0.717) is 24.7 Å². The largest absolute Gasteiger partial charge is 0.347 e. The standard InChI is InChI=1S/C18H25ClN2O3/c1-13-11-14(2)17(15(19)12-13)20-16(22)3-6-21-7-4-18(5-8-21)23-9-10-24-18/h11-12H,3-10H2,1-2H3,(H,20,22). The van der Waals surface area contributed by atoms with Crippen LogP contribution >= 0.6 is 11.6 Å². The van der Waals surface area contributed by atoms with Crippen LogP contribution in [0.4, 0.5) is 5.69 Å². The number of rotatable bonds is 4. The zero-order valence-corrected chi connectivity index (χ0v) is 15.1. The Morgan fingerprint density at radius 2 is 1.92 bits per heavy atom. The van der Waals surface area contributed by atoms with Gasteiger partial charge in [-0.05, 0) is 31.0 Å². The van der Waals surface area contributed by atoms with Crippen molar-refractivity contribution in [1.82, 2.24) is 4.90 Å². The zero-order valence-electron chi connectivity index (χ0n) is 14.4. The fourth-order valence-electron chi connectivity index (χ4n) is 3.44. The number of nitrogens with one attached hydrogen (secondary N) is 1. The van der Waals surface area contributed by atoms with Crippen LogP contribution in [0.25, 0.3) is 0 Å². The summed E-state index contributed by atoms with van der Waals surface area (Å²) in [4.78, 5) is 14.5. The lowest BCUT2D eigenvalue weighted by Gasteiger charge is -2.37. The second kappa shape index (κ2) is 7.40. The maximum absolute atomic E-state index is 12.2. The summed E-state index contributed by atoms with van der Waals surface area (Å²) >= 11 is 6.24. The number of aryl methyl sites for hydroxylation is 2. The average Bonchev–Trinajstić information content (AvgIpc) is 2.99. The van der Waals surface area contributed by atoms with Gasteiger partial charge >= 0.3 is 0 Å². The topological polar surface area (TPSA) is 50.8 Å². The van der Waals surface area contributed by atoms with Crippen LogP contribution in [0.15, 0.2) is 12.1 Å². The van der Waals surface area contributed by atoms with Gasteiger partial charge in [0.1, 0.15) is 0 Å². The monoisotopic (exact) mass is 352 g/mol. The van der Waals surface area contributed by atoms with E-state index in [9.17, 15) is 4.79 Å². The minimum atomic E-state index is -0.356. The molecule has 0 radical (unpaired) electrons. The van der Waals surface area contributed by atoms with Crippen LogP contribution < -0.4 is 5.32 Å². The molecule has 0 aromatic heterocycles. The first-order valence-electron chi connectivity index (χ1n) is 8.54. The van der Waals surface area contributed by atoms with Crippen LogP contribution in [0.1, 0.15) is 30.4 Å². The van der Waals surface area contributed by atoms with E-state index in [4.69, 9.17) is 21.1 Å². The fourth-order valence-corrected chi connectivity index (χ4v) is 3.81. The van der Waals surface area contributed by atoms with E-state index >= 15 is 0 Å². The molecule has 1 amide bonds. The van der Waals surface area contributed by atoms with E-state index in [1.807, 2.05) is 26.0 Å². The summed E-state index contributed by atoms with van der Waals surface area (Å²) in [6, 6.07) is 3.89. The molecular weight excluding hydrogens is 328 g/mol. The van der Waals surface area contributed by atoms with Gasteiger partial charge in [-0.1, -0.05) is 17.7 Å². The number of hydrogen-bond donors (Lipinski definition) is 1. The van der Waals surface area contributed by atoms with Crippen LogP contribution in [0, 0.1) is 13.8 Å². The van der Waals surface area contributed by atoms with Crippen LogP contribution in [0.3, 0.4) is 0 Å². The van der Waals surface area contributed by atoms with Gasteiger partial charge in [-0.25, -0.2) is 0 Å². The van der Waals surface area contributed by atoms with Crippen LogP contribution in [-0.2, 0) is 14.3 Å². The molecule has 2 heterocycles. The van der Waals surface area contributed by atoms with Crippen molar-refractivity contribution in [3.8, 4) is 0 Å². The molecule has 0 aliphatic carbocycles. The van der Waals surface area contributed by atoms with Gasteiger partial charge in [-0.15, -0.1) is 0 Å². The molecule has 132 valence electrons. The Labute approximate surface area is 148 Å². The Bertz CT molecular complexity index is 581. The number of ether oxygens (including phenoxy) is 2. The third-order valence-corrected chi connectivity index (χ3v) is 5.08. The molecule has 1 N–H and O–H groups in total. The quantitative estimate of drug-likeness (QED) is 0.904. The van der Waals surface area contributed by atoms with Crippen molar-refractivity contribution >= 4 is 23.2 Å². The summed E-state index contributed by atoms with van der Waals surface area (Å²) in [7, 11) is 0. The number of carbonyl (C=O) groups excluding carboxylic acids is 1. The Morgan fingerprint density at radius 1 is 1.25 bits per heavy atom. The first-order valence-corrected chi connectivity index (χ1v) is 8.92. The summed E-state index contributed by atoms with van der Waals surface area (Å²) in [5.74, 6) is -0.358. The van der Waals surface area contributed by atoms with Crippen LogP contribution in [0.5, 0.6) is 0 Å². The number of nitrogens with zero attached hydrogens (tertiary/aromatic N) is 1. The Kier molecular flexibility index (Phi) is 5.45. The molecule has 2 aliphatic heterocycles. The number of anilines is 1. The first-order chi connectivity index (χ1) is 11.5. The number of piperidine rings is 1. The molecule has 6 heteroatoms. The van der Waals surface area contributed by atoms with Gasteiger partial charge < -0.3 is 19.7 Å². The number of amides is 1. The van der Waals surface area contributed by atoms with E-state index in [1.54, 1.807) is 0 Å². The number of hydrogen-bond acceptors (Lipinski definition) is 4. The van der Waals surface area contributed by atoms with Gasteiger partial charge in [0.15, 0.2) is 5.79 Å². The first kappa shape index (κ1) is 17.7. The van der Waals surface area contributed by atoms with Gasteiger partial charge in [0.05, 0.1) is 23.9 Å². The summed E-state index contributed by atoms with van der Waals surface area (Å²) in [5, 5.41) is 3.54. The molecule has 0 unspecified atom stereocenters. The van der Waals surface area contributed by atoms with Gasteiger partial charge in [0.25, 0.3) is 0 Å². The van der Waals surface area contributed by atoms with Gasteiger partial charge in [0, 0.05) is 38.9 Å². The molecule has 1 aromatic carbocycles. The molecule has 5 nitrogen and oxygen atoms in total. The lowest BCUT2D eigenvalue weighted by atomic mass is 10.0. The third-order valence-electron chi connectivity index (χ3n) is 4.78. The van der Waals surface area contributed by atoms with Gasteiger partial charge in [-0.3, -0.25) is 4.79 Å². The second-order valence-corrected chi connectivity index (χ2v) is 7.09. The highest BCUT2D eigenvalue weighted by atomic mass is 35.5. The van der Waals surface area contributed by atoms with Crippen molar-refractivity contribution in [3.05, 3.63) is 28.3 Å². The van der Waals surface area contributed by atoms with Gasteiger partial charge in [0.2, 0.25) is 5.91 Å². The van der Waals surface area contributed by atoms with E-state index in [2.05, 4.69) is 10.2 Å². The van der Waals surface area contributed by atoms with Crippen molar-refractivity contribution in [1.29, 1.82) is 0 Å². The molecule has 24 heavy (non-hydrogen) atoms. The summed E-state index contributed by atoms with van der Waals surface area (Å²) < 4.78 is 11.5. The Balaban J connectivity index is 1.47. The Hall–Kier alpha value is -1.14. The van der Waals surface area contributed by atoms with Crippen molar-refractivity contribution in [2.45, 2.75) is 38.9 Å². The SMILES string of the molecule is Cc1cc(C)c(NC(=O)CCN2CCC3(CC2)OCCO3)c(Cl)c1. The number of carbonyl (C=O) groups is 1. The predicted octanol–water partition coefficient (Wildman–Crippen LogP) is 3.12. The van der Waals surface area contributed by atoms with Crippen molar-refractivity contribution in [3.63, 3.8) is 0 Å². The van der Waals surface area contributed by atoms with Gasteiger partial charge in [-0.2, -0.15) is 0 Å². The number of halogens is 1. The predicted molar refractivity (Wildman–Crippen MR) is 94.5 cm³/mol. The smallest absolute Gasteiger partial charge is 0.225 e. The second-order valence-electron chi connectivity index (χ2n) is 6.69. The minimum absolute atomic E-state index is 0.00231. The molecule has 1 spiro atoms. The van der Waals surface area contributed by atoms with Crippen molar-refractivity contribution in [2.24, 2.45) is 0 Å². The van der Waals surface area contributed by atoms with Crippen molar-refractivity contribution in [2.75, 3.05) is 38.2 Å². The lowest BCUT2D eigenvalue weighted by molar-refractivity contribution is -0.185. The Morgan fingerprint density at radius 3 is 2.54 bits per heavy atom. The number of likely N-dealkylation sites (tertiary alicyclic amines) is 1. The van der Waals surface area contributed by atoms with Crippen LogP contribution in [0.2, 0.25) is 5.02 Å². The summed E-state index contributed by atoms with van der Waals surface area (Å²) in [6.45, 7) is 7.88. The molecule has 0 atom stereocenters. The highest BCUT2D eigenvalue weighted by molar-refractivity contribution is 6.34. The van der Waals surface area contributed by atoms with E-state index in [0.717, 1.165) is 49.3 Å². The maximum Gasteiger partial charge on any atom is 0.225 e. The molecule has 2 saturated heterocycles. The number of benzene rings is 1. The summed E-state index contributed by atoms with van der Waals surface area (Å²) in [6.07, 6.45) is 2.20. The molecule has 1 aromatic rings. The molecule has 2 aliphatic rings. The fraction of sp³-hybridized carbons (Fsp3) is 0.611. The van der Waals surface area contributed by atoms with E-state index in [-0.39, 0.29) is 11.7 Å². The normalized spacial score (nSPS) is 20.5. The average molecular weight is 353 g/mol. The molecule has 3 rings (SSSR count).